The molecule has 0 unspecified atom stereocenters. The SMILES string of the molecule is CCCN(CCC)c1cc(C(=O)Nc2ccc(O)cc2C)ncn1. The van der Waals surface area contributed by atoms with E-state index in [9.17, 15) is 9.90 Å². The molecule has 2 aromatic rings. The van der Waals surface area contributed by atoms with E-state index < -0.39 is 0 Å². The first kappa shape index (κ1) is 17.7. The number of aromatic hydroxyl groups is 1. The Hall–Kier alpha value is -2.63. The van der Waals surface area contributed by atoms with Crippen molar-refractivity contribution in [3.63, 3.8) is 0 Å². The molecule has 2 rings (SSSR count). The highest BCUT2D eigenvalue weighted by molar-refractivity contribution is 6.03. The Morgan fingerprint density at radius 3 is 2.50 bits per heavy atom. The van der Waals surface area contributed by atoms with Crippen molar-refractivity contribution in [2.45, 2.75) is 33.6 Å². The minimum absolute atomic E-state index is 0.171. The zero-order valence-corrected chi connectivity index (χ0v) is 14.4. The van der Waals surface area contributed by atoms with Gasteiger partial charge in [0.1, 0.15) is 23.6 Å². The summed E-state index contributed by atoms with van der Waals surface area (Å²) in [6, 6.07) is 6.53. The van der Waals surface area contributed by atoms with Gasteiger partial charge in [-0.3, -0.25) is 4.79 Å². The number of aryl methyl sites for hydroxylation is 1. The quantitative estimate of drug-likeness (QED) is 0.762. The van der Waals surface area contributed by atoms with Gasteiger partial charge in [-0.05, 0) is 43.5 Å². The van der Waals surface area contributed by atoms with E-state index in [1.165, 1.54) is 12.4 Å². The second kappa shape index (κ2) is 8.29. The predicted molar refractivity (Wildman–Crippen MR) is 95.6 cm³/mol. The lowest BCUT2D eigenvalue weighted by Gasteiger charge is -2.22. The zero-order valence-electron chi connectivity index (χ0n) is 14.4. The van der Waals surface area contributed by atoms with Gasteiger partial charge in [0, 0.05) is 24.8 Å². The van der Waals surface area contributed by atoms with Gasteiger partial charge < -0.3 is 15.3 Å². The van der Waals surface area contributed by atoms with Crippen molar-refractivity contribution in [3.05, 3.63) is 41.9 Å². The fraction of sp³-hybridized carbons (Fsp3) is 0.389. The van der Waals surface area contributed by atoms with E-state index in [1.54, 1.807) is 18.2 Å². The van der Waals surface area contributed by atoms with E-state index in [0.717, 1.165) is 37.3 Å². The maximum atomic E-state index is 12.5. The molecular formula is C18H24N4O2. The highest BCUT2D eigenvalue weighted by Crippen LogP contribution is 2.21. The minimum atomic E-state index is -0.291. The molecule has 0 bridgehead atoms. The van der Waals surface area contributed by atoms with Gasteiger partial charge in [-0.2, -0.15) is 0 Å². The van der Waals surface area contributed by atoms with E-state index >= 15 is 0 Å². The average molecular weight is 328 g/mol. The molecule has 1 amide bonds. The molecule has 0 aliphatic rings. The number of carbonyl (C=O) groups is 1. The molecule has 1 heterocycles. The number of nitrogens with one attached hydrogen (secondary N) is 1. The fourth-order valence-corrected chi connectivity index (χ4v) is 2.50. The number of benzene rings is 1. The lowest BCUT2D eigenvalue weighted by Crippen LogP contribution is -2.26. The molecule has 0 spiro atoms. The zero-order chi connectivity index (χ0) is 17.5. The van der Waals surface area contributed by atoms with E-state index in [4.69, 9.17) is 0 Å². The number of hydrogen-bond acceptors (Lipinski definition) is 5. The molecule has 128 valence electrons. The summed E-state index contributed by atoms with van der Waals surface area (Å²) < 4.78 is 0. The number of carbonyl (C=O) groups excluding carboxylic acids is 1. The third kappa shape index (κ3) is 4.44. The first-order chi connectivity index (χ1) is 11.5. The Labute approximate surface area is 142 Å². The van der Waals surface area contributed by atoms with Crippen molar-refractivity contribution in [1.29, 1.82) is 0 Å². The Morgan fingerprint density at radius 2 is 1.88 bits per heavy atom. The molecule has 24 heavy (non-hydrogen) atoms. The first-order valence-electron chi connectivity index (χ1n) is 8.23. The molecular weight excluding hydrogens is 304 g/mol. The van der Waals surface area contributed by atoms with Gasteiger partial charge in [0.05, 0.1) is 0 Å². The molecule has 6 nitrogen and oxygen atoms in total. The van der Waals surface area contributed by atoms with Crippen LogP contribution in [0.4, 0.5) is 11.5 Å². The van der Waals surface area contributed by atoms with Crippen LogP contribution in [0.3, 0.4) is 0 Å². The summed E-state index contributed by atoms with van der Waals surface area (Å²) in [5, 5.41) is 12.3. The second-order valence-electron chi connectivity index (χ2n) is 5.70. The number of hydrogen-bond donors (Lipinski definition) is 2. The van der Waals surface area contributed by atoms with Crippen LogP contribution in [0.5, 0.6) is 5.75 Å². The largest absolute Gasteiger partial charge is 0.508 e. The summed E-state index contributed by atoms with van der Waals surface area (Å²) >= 11 is 0. The number of amides is 1. The van der Waals surface area contributed by atoms with Crippen LogP contribution in [0.1, 0.15) is 42.7 Å². The van der Waals surface area contributed by atoms with Crippen LogP contribution in [0, 0.1) is 6.92 Å². The number of aromatic nitrogens is 2. The third-order valence-electron chi connectivity index (χ3n) is 3.65. The maximum absolute atomic E-state index is 12.5. The topological polar surface area (TPSA) is 78.4 Å². The van der Waals surface area contributed by atoms with Gasteiger partial charge in [-0.1, -0.05) is 13.8 Å². The molecule has 1 aromatic heterocycles. The number of nitrogens with zero attached hydrogens (tertiary/aromatic N) is 3. The summed E-state index contributed by atoms with van der Waals surface area (Å²) in [5.74, 6) is 0.645. The standard InChI is InChI=1S/C18H24N4O2/c1-4-8-22(9-5-2)17-11-16(19-12-20-17)18(24)21-15-7-6-14(23)10-13(15)3/h6-7,10-12,23H,4-5,8-9H2,1-3H3,(H,21,24). The molecule has 0 atom stereocenters. The highest BCUT2D eigenvalue weighted by Gasteiger charge is 2.13. The van der Waals surface area contributed by atoms with Crippen molar-refractivity contribution in [2.75, 3.05) is 23.3 Å². The number of anilines is 2. The summed E-state index contributed by atoms with van der Waals surface area (Å²) in [6.07, 6.45) is 3.45. The van der Waals surface area contributed by atoms with Crippen LogP contribution < -0.4 is 10.2 Å². The summed E-state index contributed by atoms with van der Waals surface area (Å²) in [5.41, 5.74) is 1.76. The monoisotopic (exact) mass is 328 g/mol. The van der Waals surface area contributed by atoms with Gasteiger partial charge in [0.2, 0.25) is 0 Å². The smallest absolute Gasteiger partial charge is 0.274 e. The molecule has 1 aromatic carbocycles. The lowest BCUT2D eigenvalue weighted by molar-refractivity contribution is 0.102. The molecule has 0 saturated carbocycles. The van der Waals surface area contributed by atoms with E-state index in [2.05, 4.69) is 34.0 Å². The lowest BCUT2D eigenvalue weighted by atomic mass is 10.2. The van der Waals surface area contributed by atoms with Crippen LogP contribution in [0.2, 0.25) is 0 Å². The summed E-state index contributed by atoms with van der Waals surface area (Å²) in [7, 11) is 0. The predicted octanol–water partition coefficient (Wildman–Crippen LogP) is 3.37. The van der Waals surface area contributed by atoms with Crippen LogP contribution in [-0.2, 0) is 0 Å². The Bertz CT molecular complexity index is 697. The average Bonchev–Trinajstić information content (AvgIpc) is 2.57. The first-order valence-corrected chi connectivity index (χ1v) is 8.23. The van der Waals surface area contributed by atoms with Gasteiger partial charge in [0.25, 0.3) is 5.91 Å². The Kier molecular flexibility index (Phi) is 6.12. The van der Waals surface area contributed by atoms with Crippen LogP contribution >= 0.6 is 0 Å². The Balaban J connectivity index is 2.19. The van der Waals surface area contributed by atoms with Crippen molar-refractivity contribution >= 4 is 17.4 Å². The van der Waals surface area contributed by atoms with Crippen molar-refractivity contribution in [2.24, 2.45) is 0 Å². The van der Waals surface area contributed by atoms with Gasteiger partial charge in [0.15, 0.2) is 0 Å². The number of phenols is 1. The van der Waals surface area contributed by atoms with Crippen LogP contribution in [0.15, 0.2) is 30.6 Å². The molecule has 6 heteroatoms. The van der Waals surface area contributed by atoms with E-state index in [1.807, 2.05) is 6.92 Å². The molecule has 0 fully saturated rings. The third-order valence-corrected chi connectivity index (χ3v) is 3.65. The fourth-order valence-electron chi connectivity index (χ4n) is 2.50. The van der Waals surface area contributed by atoms with Gasteiger partial charge in [-0.25, -0.2) is 9.97 Å². The van der Waals surface area contributed by atoms with E-state index in [-0.39, 0.29) is 11.7 Å². The minimum Gasteiger partial charge on any atom is -0.508 e. The normalized spacial score (nSPS) is 10.5. The molecule has 0 aliphatic carbocycles. The van der Waals surface area contributed by atoms with Crippen molar-refractivity contribution < 1.29 is 9.90 Å². The molecule has 0 aliphatic heterocycles. The van der Waals surface area contributed by atoms with Crippen molar-refractivity contribution in [1.82, 2.24) is 9.97 Å². The molecule has 0 saturated heterocycles. The second-order valence-corrected chi connectivity index (χ2v) is 5.70. The summed E-state index contributed by atoms with van der Waals surface area (Å²) in [4.78, 5) is 23.0. The van der Waals surface area contributed by atoms with Crippen molar-refractivity contribution in [3.8, 4) is 5.75 Å². The number of rotatable bonds is 7. The maximum Gasteiger partial charge on any atom is 0.274 e. The van der Waals surface area contributed by atoms with Crippen LogP contribution in [0.25, 0.3) is 0 Å². The number of phenolic OH excluding ortho intramolecular Hbond substituents is 1. The molecule has 2 N–H and O–H groups in total. The van der Waals surface area contributed by atoms with Gasteiger partial charge >= 0.3 is 0 Å². The Morgan fingerprint density at radius 1 is 1.17 bits per heavy atom. The van der Waals surface area contributed by atoms with Gasteiger partial charge in [-0.15, -0.1) is 0 Å². The van der Waals surface area contributed by atoms with E-state index in [0.29, 0.717) is 11.4 Å². The highest BCUT2D eigenvalue weighted by atomic mass is 16.3. The molecule has 0 radical (unpaired) electrons. The van der Waals surface area contributed by atoms with Crippen LogP contribution in [-0.4, -0.2) is 34.1 Å². The summed E-state index contributed by atoms with van der Waals surface area (Å²) in [6.45, 7) is 7.84.